The maximum absolute atomic E-state index is 13.1. The molecular weight excluding hydrogens is 434 g/mol. The SMILES string of the molecule is CC[C@H](NC(=O)OCC1c2ccccc2-c2ccccc21)C(=O)N1CCCN(CC(=O)O)CC1. The first-order valence-corrected chi connectivity index (χ1v) is 11.8. The van der Waals surface area contributed by atoms with E-state index in [1.54, 1.807) is 4.90 Å². The number of carboxylic acids is 1. The minimum Gasteiger partial charge on any atom is -0.480 e. The molecule has 0 radical (unpaired) electrons. The largest absolute Gasteiger partial charge is 0.480 e. The Bertz CT molecular complexity index is 1010. The number of alkyl carbamates (subject to hydrolysis) is 1. The van der Waals surface area contributed by atoms with Gasteiger partial charge in [-0.05, 0) is 35.1 Å². The van der Waals surface area contributed by atoms with Crippen molar-refractivity contribution in [3.8, 4) is 11.1 Å². The molecule has 2 aromatic rings. The second kappa shape index (κ2) is 10.7. The molecule has 1 fully saturated rings. The van der Waals surface area contributed by atoms with E-state index in [1.807, 2.05) is 36.1 Å². The van der Waals surface area contributed by atoms with Crippen LogP contribution in [0.1, 0.15) is 36.8 Å². The summed E-state index contributed by atoms with van der Waals surface area (Å²) >= 11 is 0. The molecule has 0 bridgehead atoms. The normalized spacial score (nSPS) is 16.8. The van der Waals surface area contributed by atoms with E-state index in [9.17, 15) is 14.4 Å². The molecule has 0 aromatic heterocycles. The van der Waals surface area contributed by atoms with Crippen molar-refractivity contribution in [3.05, 3.63) is 59.7 Å². The summed E-state index contributed by atoms with van der Waals surface area (Å²) in [5.41, 5.74) is 4.59. The first kappa shape index (κ1) is 23.8. The minimum absolute atomic E-state index is 0.0305. The van der Waals surface area contributed by atoms with Crippen LogP contribution in [0.3, 0.4) is 0 Å². The summed E-state index contributed by atoms with van der Waals surface area (Å²) in [6.45, 7) is 4.12. The van der Waals surface area contributed by atoms with E-state index in [2.05, 4.69) is 29.6 Å². The van der Waals surface area contributed by atoms with Gasteiger partial charge in [0.25, 0.3) is 0 Å². The van der Waals surface area contributed by atoms with Crippen LogP contribution in [0.5, 0.6) is 0 Å². The number of rotatable bonds is 7. The highest BCUT2D eigenvalue weighted by Gasteiger charge is 2.30. The van der Waals surface area contributed by atoms with Gasteiger partial charge in [-0.2, -0.15) is 0 Å². The number of hydrogen-bond acceptors (Lipinski definition) is 5. The van der Waals surface area contributed by atoms with Gasteiger partial charge in [-0.25, -0.2) is 4.79 Å². The average Bonchev–Trinajstić information content (AvgIpc) is 2.97. The van der Waals surface area contributed by atoms with Gasteiger partial charge >= 0.3 is 12.1 Å². The van der Waals surface area contributed by atoms with Gasteiger partial charge in [-0.15, -0.1) is 0 Å². The summed E-state index contributed by atoms with van der Waals surface area (Å²) in [6, 6.07) is 15.6. The number of fused-ring (bicyclic) bond motifs is 3. The second-order valence-electron chi connectivity index (χ2n) is 8.78. The summed E-state index contributed by atoms with van der Waals surface area (Å²) in [5.74, 6) is -1.07. The van der Waals surface area contributed by atoms with E-state index < -0.39 is 18.1 Å². The van der Waals surface area contributed by atoms with Crippen LogP contribution in [-0.2, 0) is 14.3 Å². The molecule has 0 spiro atoms. The van der Waals surface area contributed by atoms with Crippen molar-refractivity contribution in [1.29, 1.82) is 0 Å². The molecule has 1 heterocycles. The highest BCUT2D eigenvalue weighted by atomic mass is 16.5. The molecule has 1 atom stereocenters. The van der Waals surface area contributed by atoms with Gasteiger partial charge in [-0.1, -0.05) is 55.5 Å². The van der Waals surface area contributed by atoms with Crippen LogP contribution in [0.15, 0.2) is 48.5 Å². The maximum Gasteiger partial charge on any atom is 0.407 e. The van der Waals surface area contributed by atoms with Crippen molar-refractivity contribution in [1.82, 2.24) is 15.1 Å². The molecule has 2 aromatic carbocycles. The minimum atomic E-state index is -0.872. The Morgan fingerprint density at radius 3 is 2.26 bits per heavy atom. The van der Waals surface area contributed by atoms with Gasteiger partial charge in [0.2, 0.25) is 5.91 Å². The fourth-order valence-electron chi connectivity index (χ4n) is 4.88. The van der Waals surface area contributed by atoms with Crippen LogP contribution < -0.4 is 5.32 Å². The molecule has 1 saturated heterocycles. The highest BCUT2D eigenvalue weighted by Crippen LogP contribution is 2.44. The summed E-state index contributed by atoms with van der Waals surface area (Å²) in [6.07, 6.45) is 0.531. The molecule has 8 heteroatoms. The van der Waals surface area contributed by atoms with Crippen molar-refractivity contribution in [2.45, 2.75) is 31.7 Å². The first-order valence-electron chi connectivity index (χ1n) is 11.8. The number of amides is 2. The zero-order valence-electron chi connectivity index (χ0n) is 19.4. The predicted molar refractivity (Wildman–Crippen MR) is 128 cm³/mol. The maximum atomic E-state index is 13.1. The fourth-order valence-corrected chi connectivity index (χ4v) is 4.88. The van der Waals surface area contributed by atoms with Crippen molar-refractivity contribution in [3.63, 3.8) is 0 Å². The number of nitrogens with one attached hydrogen (secondary N) is 1. The first-order chi connectivity index (χ1) is 16.5. The number of aliphatic carboxylic acids is 1. The van der Waals surface area contributed by atoms with Gasteiger partial charge in [0.05, 0.1) is 6.54 Å². The topological polar surface area (TPSA) is 99.2 Å². The number of carbonyl (C=O) groups excluding carboxylic acids is 2. The van der Waals surface area contributed by atoms with Gasteiger partial charge < -0.3 is 20.1 Å². The Kier molecular flexibility index (Phi) is 7.47. The molecule has 1 aliphatic carbocycles. The third kappa shape index (κ3) is 5.22. The number of ether oxygens (including phenoxy) is 1. The number of nitrogens with zero attached hydrogens (tertiary/aromatic N) is 2. The lowest BCUT2D eigenvalue weighted by Crippen LogP contribution is -2.49. The van der Waals surface area contributed by atoms with Crippen LogP contribution >= 0.6 is 0 Å². The Labute approximate surface area is 199 Å². The van der Waals surface area contributed by atoms with E-state index in [-0.39, 0.29) is 25.0 Å². The summed E-state index contributed by atoms with van der Waals surface area (Å²) in [7, 11) is 0. The van der Waals surface area contributed by atoms with Gasteiger partial charge in [0.15, 0.2) is 0 Å². The molecule has 8 nitrogen and oxygen atoms in total. The lowest BCUT2D eigenvalue weighted by atomic mass is 9.98. The standard InChI is InChI=1S/C26H31N3O5/c1-2-23(25(32)29-13-7-12-28(14-15-29)16-24(30)31)27-26(33)34-17-22-20-10-5-3-8-18(20)19-9-4-6-11-21(19)22/h3-6,8-11,22-23H,2,7,12-17H2,1H3,(H,27,33)(H,30,31)/t23-/m0/s1. The Balaban J connectivity index is 1.34. The molecule has 2 aliphatic rings. The number of hydrogen-bond donors (Lipinski definition) is 2. The quantitative estimate of drug-likeness (QED) is 0.652. The van der Waals surface area contributed by atoms with E-state index in [0.717, 1.165) is 22.3 Å². The van der Waals surface area contributed by atoms with Crippen LogP contribution in [0.2, 0.25) is 0 Å². The molecule has 4 rings (SSSR count). The number of carboxylic acid groups (broad SMARTS) is 1. The fraction of sp³-hybridized carbons (Fsp3) is 0.423. The van der Waals surface area contributed by atoms with Crippen molar-refractivity contribution >= 4 is 18.0 Å². The number of benzene rings is 2. The summed E-state index contributed by atoms with van der Waals surface area (Å²) in [5, 5.41) is 11.8. The summed E-state index contributed by atoms with van der Waals surface area (Å²) < 4.78 is 5.60. The zero-order chi connectivity index (χ0) is 24.1. The van der Waals surface area contributed by atoms with Crippen LogP contribution in [0, 0.1) is 0 Å². The third-order valence-electron chi connectivity index (χ3n) is 6.60. The van der Waals surface area contributed by atoms with Crippen molar-refractivity contribution < 1.29 is 24.2 Å². The zero-order valence-corrected chi connectivity index (χ0v) is 19.4. The second-order valence-corrected chi connectivity index (χ2v) is 8.78. The molecule has 2 amide bonds. The third-order valence-corrected chi connectivity index (χ3v) is 6.60. The van der Waals surface area contributed by atoms with Crippen molar-refractivity contribution in [2.75, 3.05) is 39.3 Å². The van der Waals surface area contributed by atoms with Crippen LogP contribution in [0.25, 0.3) is 11.1 Å². The number of carbonyl (C=O) groups is 3. The monoisotopic (exact) mass is 465 g/mol. The van der Waals surface area contributed by atoms with Gasteiger partial charge in [0.1, 0.15) is 12.6 Å². The Morgan fingerprint density at radius 1 is 1.00 bits per heavy atom. The van der Waals surface area contributed by atoms with E-state index >= 15 is 0 Å². The molecular formula is C26H31N3O5. The van der Waals surface area contributed by atoms with Crippen molar-refractivity contribution in [2.24, 2.45) is 0 Å². The molecule has 2 N–H and O–H groups in total. The summed E-state index contributed by atoms with van der Waals surface area (Å²) in [4.78, 5) is 40.2. The lowest BCUT2D eigenvalue weighted by molar-refractivity contribution is -0.138. The average molecular weight is 466 g/mol. The van der Waals surface area contributed by atoms with Gasteiger partial charge in [0, 0.05) is 32.1 Å². The molecule has 180 valence electrons. The van der Waals surface area contributed by atoms with E-state index in [4.69, 9.17) is 9.84 Å². The molecule has 0 unspecified atom stereocenters. The van der Waals surface area contributed by atoms with Crippen LogP contribution in [0.4, 0.5) is 4.79 Å². The van der Waals surface area contributed by atoms with Crippen LogP contribution in [-0.4, -0.2) is 78.2 Å². The molecule has 0 saturated carbocycles. The van der Waals surface area contributed by atoms with E-state index in [1.165, 1.54) is 0 Å². The smallest absolute Gasteiger partial charge is 0.407 e. The van der Waals surface area contributed by atoms with Gasteiger partial charge in [-0.3, -0.25) is 14.5 Å². The Morgan fingerprint density at radius 2 is 1.65 bits per heavy atom. The molecule has 1 aliphatic heterocycles. The van der Waals surface area contributed by atoms with E-state index in [0.29, 0.717) is 39.0 Å². The highest BCUT2D eigenvalue weighted by molar-refractivity contribution is 5.86. The Hall–Kier alpha value is -3.39. The lowest BCUT2D eigenvalue weighted by Gasteiger charge is -2.26. The molecule has 34 heavy (non-hydrogen) atoms. The predicted octanol–water partition coefficient (Wildman–Crippen LogP) is 2.92.